The van der Waals surface area contributed by atoms with E-state index in [9.17, 15) is 4.39 Å². The molecule has 0 amide bonds. The molecule has 0 aromatic carbocycles. The molecular weight excluding hydrogens is 173 g/mol. The van der Waals surface area contributed by atoms with Gasteiger partial charge in [-0.3, -0.25) is 0 Å². The van der Waals surface area contributed by atoms with Crippen LogP contribution in [0.1, 0.15) is 25.1 Å². The van der Waals surface area contributed by atoms with E-state index in [0.29, 0.717) is 6.04 Å². The van der Waals surface area contributed by atoms with Gasteiger partial charge in [-0.1, -0.05) is 6.92 Å². The van der Waals surface area contributed by atoms with Crippen molar-refractivity contribution in [3.63, 3.8) is 0 Å². The summed E-state index contributed by atoms with van der Waals surface area (Å²) in [7, 11) is 0. The first-order valence-electron chi connectivity index (χ1n) is 4.20. The summed E-state index contributed by atoms with van der Waals surface area (Å²) < 4.78 is 12.5. The smallest absolute Gasteiger partial charge is 0.176 e. The lowest BCUT2D eigenvalue weighted by molar-refractivity contribution is 0.537. The van der Waals surface area contributed by atoms with Crippen LogP contribution in [0.15, 0.2) is 12.1 Å². The van der Waals surface area contributed by atoms with Crippen molar-refractivity contribution >= 4 is 11.3 Å². The minimum atomic E-state index is -0.101. The number of hydrogen-bond acceptors (Lipinski definition) is 2. The average Bonchev–Trinajstić information content (AvgIpc) is 2.47. The van der Waals surface area contributed by atoms with E-state index in [1.54, 1.807) is 0 Å². The SMILES string of the molecule is CC[C@@H](C)NCc1ccc(F)s1. The van der Waals surface area contributed by atoms with Crippen LogP contribution in [-0.2, 0) is 6.54 Å². The highest BCUT2D eigenvalue weighted by atomic mass is 32.1. The fraction of sp³-hybridized carbons (Fsp3) is 0.556. The third-order valence-electron chi connectivity index (χ3n) is 1.87. The van der Waals surface area contributed by atoms with Gasteiger partial charge >= 0.3 is 0 Å². The maximum Gasteiger partial charge on any atom is 0.176 e. The summed E-state index contributed by atoms with van der Waals surface area (Å²) in [5.74, 6) is 0. The second-order valence-corrected chi connectivity index (χ2v) is 4.01. The summed E-state index contributed by atoms with van der Waals surface area (Å²) in [5, 5.41) is 3.20. The van der Waals surface area contributed by atoms with Crippen molar-refractivity contribution < 1.29 is 4.39 Å². The highest BCUT2D eigenvalue weighted by Crippen LogP contribution is 2.13. The number of thiophene rings is 1. The minimum Gasteiger partial charge on any atom is -0.309 e. The van der Waals surface area contributed by atoms with Crippen molar-refractivity contribution in [2.75, 3.05) is 0 Å². The first kappa shape index (κ1) is 9.68. The van der Waals surface area contributed by atoms with Crippen molar-refractivity contribution in [1.82, 2.24) is 5.32 Å². The van der Waals surface area contributed by atoms with Crippen LogP contribution in [0.5, 0.6) is 0 Å². The van der Waals surface area contributed by atoms with E-state index in [1.807, 2.05) is 6.07 Å². The minimum absolute atomic E-state index is 0.101. The number of nitrogens with one attached hydrogen (secondary N) is 1. The van der Waals surface area contributed by atoms with Crippen molar-refractivity contribution in [2.45, 2.75) is 32.9 Å². The van der Waals surface area contributed by atoms with Gasteiger partial charge in [-0.25, -0.2) is 0 Å². The predicted molar refractivity (Wildman–Crippen MR) is 50.9 cm³/mol. The molecule has 0 radical (unpaired) electrons. The maximum atomic E-state index is 12.5. The quantitative estimate of drug-likeness (QED) is 0.764. The third-order valence-corrected chi connectivity index (χ3v) is 2.74. The van der Waals surface area contributed by atoms with Gasteiger partial charge in [0.2, 0.25) is 0 Å². The van der Waals surface area contributed by atoms with Gasteiger partial charge in [-0.15, -0.1) is 11.3 Å². The molecule has 1 heterocycles. The van der Waals surface area contributed by atoms with Gasteiger partial charge in [0.25, 0.3) is 0 Å². The summed E-state index contributed by atoms with van der Waals surface area (Å²) in [6.45, 7) is 5.04. The molecule has 1 nitrogen and oxygen atoms in total. The van der Waals surface area contributed by atoms with Crippen molar-refractivity contribution in [3.8, 4) is 0 Å². The van der Waals surface area contributed by atoms with Crippen molar-refractivity contribution in [2.24, 2.45) is 0 Å². The summed E-state index contributed by atoms with van der Waals surface area (Å²) in [4.78, 5) is 1.06. The zero-order valence-electron chi connectivity index (χ0n) is 7.43. The second kappa shape index (κ2) is 4.58. The Kier molecular flexibility index (Phi) is 3.69. The summed E-state index contributed by atoms with van der Waals surface area (Å²) in [5.41, 5.74) is 0. The van der Waals surface area contributed by atoms with Crippen LogP contribution >= 0.6 is 11.3 Å². The van der Waals surface area contributed by atoms with Gasteiger partial charge in [-0.05, 0) is 25.5 Å². The van der Waals surface area contributed by atoms with Crippen LogP contribution in [0.2, 0.25) is 0 Å². The Bertz CT molecular complexity index is 234. The topological polar surface area (TPSA) is 12.0 Å². The van der Waals surface area contributed by atoms with E-state index < -0.39 is 0 Å². The molecule has 0 aliphatic carbocycles. The van der Waals surface area contributed by atoms with Gasteiger partial charge in [0.05, 0.1) is 0 Å². The molecule has 0 aliphatic rings. The Labute approximate surface area is 76.6 Å². The molecule has 0 unspecified atom stereocenters. The molecule has 1 aromatic rings. The zero-order chi connectivity index (χ0) is 8.97. The molecule has 68 valence electrons. The molecule has 0 spiro atoms. The highest BCUT2D eigenvalue weighted by Gasteiger charge is 2.00. The highest BCUT2D eigenvalue weighted by molar-refractivity contribution is 7.10. The zero-order valence-corrected chi connectivity index (χ0v) is 8.25. The Morgan fingerprint density at radius 2 is 2.33 bits per heavy atom. The largest absolute Gasteiger partial charge is 0.309 e. The van der Waals surface area contributed by atoms with Gasteiger partial charge in [-0.2, -0.15) is 4.39 Å². The Balaban J connectivity index is 2.33. The van der Waals surface area contributed by atoms with Crippen molar-refractivity contribution in [3.05, 3.63) is 22.1 Å². The molecule has 1 rings (SSSR count). The van der Waals surface area contributed by atoms with Gasteiger partial charge in [0.15, 0.2) is 5.13 Å². The molecule has 1 N–H and O–H groups in total. The molecule has 0 bridgehead atoms. The summed E-state index contributed by atoms with van der Waals surface area (Å²) in [6.07, 6.45) is 1.11. The maximum absolute atomic E-state index is 12.5. The lowest BCUT2D eigenvalue weighted by Crippen LogP contribution is -2.23. The molecule has 12 heavy (non-hydrogen) atoms. The number of rotatable bonds is 4. The van der Waals surface area contributed by atoms with Crippen molar-refractivity contribution in [1.29, 1.82) is 0 Å². The van der Waals surface area contributed by atoms with E-state index >= 15 is 0 Å². The van der Waals surface area contributed by atoms with Crippen LogP contribution in [0.4, 0.5) is 4.39 Å². The molecule has 3 heteroatoms. The van der Waals surface area contributed by atoms with Crippen LogP contribution < -0.4 is 5.32 Å². The monoisotopic (exact) mass is 187 g/mol. The molecule has 0 saturated heterocycles. The average molecular weight is 187 g/mol. The standard InChI is InChI=1S/C9H14FNS/c1-3-7(2)11-6-8-4-5-9(10)12-8/h4-5,7,11H,3,6H2,1-2H3/t7-/m1/s1. The van der Waals surface area contributed by atoms with Gasteiger partial charge in [0.1, 0.15) is 0 Å². The second-order valence-electron chi connectivity index (χ2n) is 2.90. The third kappa shape index (κ3) is 2.91. The lowest BCUT2D eigenvalue weighted by Gasteiger charge is -2.08. The molecule has 0 fully saturated rings. The van der Waals surface area contributed by atoms with E-state index in [0.717, 1.165) is 17.8 Å². The Morgan fingerprint density at radius 1 is 1.58 bits per heavy atom. The molecule has 1 atom stereocenters. The summed E-state index contributed by atoms with van der Waals surface area (Å²) in [6, 6.07) is 3.85. The number of hydrogen-bond donors (Lipinski definition) is 1. The van der Waals surface area contributed by atoms with Gasteiger partial charge < -0.3 is 5.32 Å². The first-order valence-corrected chi connectivity index (χ1v) is 5.01. The van der Waals surface area contributed by atoms with Crippen LogP contribution in [0.3, 0.4) is 0 Å². The van der Waals surface area contributed by atoms with Crippen LogP contribution in [0, 0.1) is 5.13 Å². The fourth-order valence-corrected chi connectivity index (χ4v) is 1.54. The van der Waals surface area contributed by atoms with E-state index in [-0.39, 0.29) is 5.13 Å². The lowest BCUT2D eigenvalue weighted by atomic mass is 10.2. The first-order chi connectivity index (χ1) is 5.72. The molecular formula is C9H14FNS. The number of halogens is 1. The van der Waals surface area contributed by atoms with Crippen LogP contribution in [-0.4, -0.2) is 6.04 Å². The molecule has 1 aromatic heterocycles. The normalized spacial score (nSPS) is 13.2. The Hall–Kier alpha value is -0.410. The van der Waals surface area contributed by atoms with E-state index in [1.165, 1.54) is 17.4 Å². The van der Waals surface area contributed by atoms with Crippen LogP contribution in [0.25, 0.3) is 0 Å². The molecule has 0 saturated carbocycles. The summed E-state index contributed by atoms with van der Waals surface area (Å²) >= 11 is 1.21. The fourth-order valence-electron chi connectivity index (χ4n) is 0.866. The van der Waals surface area contributed by atoms with E-state index in [2.05, 4.69) is 19.2 Å². The molecule has 0 aliphatic heterocycles. The van der Waals surface area contributed by atoms with Gasteiger partial charge in [0, 0.05) is 17.5 Å². The Morgan fingerprint density at radius 3 is 2.83 bits per heavy atom. The van der Waals surface area contributed by atoms with E-state index in [4.69, 9.17) is 0 Å². The predicted octanol–water partition coefficient (Wildman–Crippen LogP) is 2.78.